The van der Waals surface area contributed by atoms with Gasteiger partial charge in [-0.2, -0.15) is 0 Å². The molecule has 0 aromatic heterocycles. The van der Waals surface area contributed by atoms with Crippen LogP contribution in [0.15, 0.2) is 36.4 Å². The lowest BCUT2D eigenvalue weighted by Gasteiger charge is -2.38. The van der Waals surface area contributed by atoms with Crippen molar-refractivity contribution in [3.8, 4) is 0 Å². The van der Waals surface area contributed by atoms with Gasteiger partial charge in [0.1, 0.15) is 0 Å². The maximum Gasteiger partial charge on any atom is 0.255 e. The SMILES string of the molecule is Cc1cc(C)cc(C(=O)Nc2cccc(Cl)c2N2CCN(C(=O)C(C)C)CC2)c1. The van der Waals surface area contributed by atoms with Crippen LogP contribution in [0.25, 0.3) is 0 Å². The van der Waals surface area contributed by atoms with E-state index in [9.17, 15) is 9.59 Å². The van der Waals surface area contributed by atoms with Crippen molar-refractivity contribution in [2.45, 2.75) is 27.7 Å². The first-order chi connectivity index (χ1) is 13.8. The molecule has 1 aliphatic heterocycles. The molecule has 6 heteroatoms. The molecule has 0 atom stereocenters. The van der Waals surface area contributed by atoms with Crippen molar-refractivity contribution in [3.63, 3.8) is 0 Å². The van der Waals surface area contributed by atoms with Gasteiger partial charge in [-0.15, -0.1) is 0 Å². The van der Waals surface area contributed by atoms with Crippen molar-refractivity contribution < 1.29 is 9.59 Å². The number of para-hydroxylation sites is 1. The molecule has 0 unspecified atom stereocenters. The summed E-state index contributed by atoms with van der Waals surface area (Å²) in [5, 5.41) is 3.62. The predicted molar refractivity (Wildman–Crippen MR) is 119 cm³/mol. The summed E-state index contributed by atoms with van der Waals surface area (Å²) in [6.07, 6.45) is 0. The van der Waals surface area contributed by atoms with Gasteiger partial charge in [0.2, 0.25) is 5.91 Å². The fourth-order valence-corrected chi connectivity index (χ4v) is 4.05. The number of carbonyl (C=O) groups is 2. The standard InChI is InChI=1S/C23H28ClN3O2/c1-15(2)23(29)27-10-8-26(9-11-27)21-19(24)6-5-7-20(21)25-22(28)18-13-16(3)12-17(4)14-18/h5-7,12-15H,8-11H2,1-4H3,(H,25,28). The number of carbonyl (C=O) groups excluding carboxylic acids is 2. The molecule has 1 N–H and O–H groups in total. The first-order valence-corrected chi connectivity index (χ1v) is 10.4. The third-order valence-electron chi connectivity index (χ3n) is 5.12. The molecular formula is C23H28ClN3O2. The third-order valence-corrected chi connectivity index (χ3v) is 5.43. The molecule has 5 nitrogen and oxygen atoms in total. The molecule has 2 aromatic carbocycles. The minimum atomic E-state index is -0.158. The first-order valence-electron chi connectivity index (χ1n) is 9.98. The molecule has 1 fully saturated rings. The summed E-state index contributed by atoms with van der Waals surface area (Å²) in [6.45, 7) is 10.4. The van der Waals surface area contributed by atoms with Gasteiger partial charge in [-0.05, 0) is 38.1 Å². The number of hydrogen-bond donors (Lipinski definition) is 1. The molecule has 1 aliphatic rings. The number of amides is 2. The number of anilines is 2. The highest BCUT2D eigenvalue weighted by Crippen LogP contribution is 2.35. The van der Waals surface area contributed by atoms with Crippen LogP contribution in [0.1, 0.15) is 35.3 Å². The Bertz CT molecular complexity index is 898. The van der Waals surface area contributed by atoms with E-state index in [0.29, 0.717) is 42.5 Å². The maximum atomic E-state index is 12.9. The number of piperazine rings is 1. The number of halogens is 1. The number of hydrogen-bond acceptors (Lipinski definition) is 3. The fraction of sp³-hybridized carbons (Fsp3) is 0.391. The highest BCUT2D eigenvalue weighted by Gasteiger charge is 2.25. The van der Waals surface area contributed by atoms with Gasteiger partial charge in [0.25, 0.3) is 5.91 Å². The van der Waals surface area contributed by atoms with Gasteiger partial charge in [0.15, 0.2) is 0 Å². The predicted octanol–water partition coefficient (Wildman–Crippen LogP) is 4.51. The van der Waals surface area contributed by atoms with Crippen LogP contribution < -0.4 is 10.2 Å². The van der Waals surface area contributed by atoms with Crippen LogP contribution in [0.2, 0.25) is 5.02 Å². The molecule has 0 spiro atoms. The van der Waals surface area contributed by atoms with E-state index < -0.39 is 0 Å². The van der Waals surface area contributed by atoms with Crippen molar-refractivity contribution in [1.29, 1.82) is 0 Å². The molecule has 1 heterocycles. The Labute approximate surface area is 177 Å². The summed E-state index contributed by atoms with van der Waals surface area (Å²) in [5.41, 5.74) is 4.22. The van der Waals surface area contributed by atoms with Crippen molar-refractivity contribution in [2.75, 3.05) is 36.4 Å². The van der Waals surface area contributed by atoms with Crippen LogP contribution >= 0.6 is 11.6 Å². The summed E-state index contributed by atoms with van der Waals surface area (Å²) < 4.78 is 0. The summed E-state index contributed by atoms with van der Waals surface area (Å²) in [6, 6.07) is 11.3. The van der Waals surface area contributed by atoms with Gasteiger partial charge in [0, 0.05) is 37.7 Å². The lowest BCUT2D eigenvalue weighted by Crippen LogP contribution is -2.50. The van der Waals surface area contributed by atoms with Crippen LogP contribution in [0.5, 0.6) is 0 Å². The van der Waals surface area contributed by atoms with Crippen LogP contribution in [-0.2, 0) is 4.79 Å². The number of rotatable bonds is 4. The normalized spacial score (nSPS) is 14.3. The summed E-state index contributed by atoms with van der Waals surface area (Å²) in [4.78, 5) is 29.1. The van der Waals surface area contributed by atoms with Crippen molar-refractivity contribution in [2.24, 2.45) is 5.92 Å². The minimum Gasteiger partial charge on any atom is -0.365 e. The van der Waals surface area contributed by atoms with E-state index in [-0.39, 0.29) is 17.7 Å². The number of nitrogens with one attached hydrogen (secondary N) is 1. The molecule has 3 rings (SSSR count). The zero-order chi connectivity index (χ0) is 21.1. The Morgan fingerprint density at radius 1 is 1.00 bits per heavy atom. The molecule has 2 aromatic rings. The summed E-state index contributed by atoms with van der Waals surface area (Å²) >= 11 is 6.52. The highest BCUT2D eigenvalue weighted by atomic mass is 35.5. The number of benzene rings is 2. The summed E-state index contributed by atoms with van der Waals surface area (Å²) in [7, 11) is 0. The average molecular weight is 414 g/mol. The van der Waals surface area contributed by atoms with E-state index in [1.54, 1.807) is 0 Å². The molecule has 0 saturated carbocycles. The second kappa shape index (κ2) is 8.87. The van der Waals surface area contributed by atoms with Crippen LogP contribution in [0.3, 0.4) is 0 Å². The topological polar surface area (TPSA) is 52.7 Å². The first kappa shape index (κ1) is 21.2. The second-order valence-corrected chi connectivity index (χ2v) is 8.34. The fourth-order valence-electron chi connectivity index (χ4n) is 3.75. The quantitative estimate of drug-likeness (QED) is 0.802. The van der Waals surface area contributed by atoms with E-state index >= 15 is 0 Å². The molecule has 1 saturated heterocycles. The van der Waals surface area contributed by atoms with E-state index in [1.807, 2.05) is 69.0 Å². The summed E-state index contributed by atoms with van der Waals surface area (Å²) in [5.74, 6) is 0.00980. The Kier molecular flexibility index (Phi) is 6.48. The molecule has 0 aliphatic carbocycles. The van der Waals surface area contributed by atoms with Gasteiger partial charge < -0.3 is 15.1 Å². The third kappa shape index (κ3) is 4.91. The smallest absolute Gasteiger partial charge is 0.255 e. The monoisotopic (exact) mass is 413 g/mol. The van der Waals surface area contributed by atoms with Gasteiger partial charge in [0.05, 0.1) is 16.4 Å². The molecule has 29 heavy (non-hydrogen) atoms. The lowest BCUT2D eigenvalue weighted by molar-refractivity contribution is -0.134. The van der Waals surface area contributed by atoms with Gasteiger partial charge >= 0.3 is 0 Å². The average Bonchev–Trinajstić information content (AvgIpc) is 2.67. The Balaban J connectivity index is 1.79. The zero-order valence-corrected chi connectivity index (χ0v) is 18.2. The van der Waals surface area contributed by atoms with Crippen molar-refractivity contribution >= 4 is 34.8 Å². The maximum absolute atomic E-state index is 12.9. The molecule has 154 valence electrons. The van der Waals surface area contributed by atoms with Crippen LogP contribution in [-0.4, -0.2) is 42.9 Å². The van der Waals surface area contributed by atoms with Crippen molar-refractivity contribution in [3.05, 3.63) is 58.1 Å². The molecular weight excluding hydrogens is 386 g/mol. The van der Waals surface area contributed by atoms with Gasteiger partial charge in [-0.25, -0.2) is 0 Å². The lowest BCUT2D eigenvalue weighted by atomic mass is 10.1. The van der Waals surface area contributed by atoms with Crippen LogP contribution in [0, 0.1) is 19.8 Å². The largest absolute Gasteiger partial charge is 0.365 e. The molecule has 2 amide bonds. The number of nitrogens with zero attached hydrogens (tertiary/aromatic N) is 2. The zero-order valence-electron chi connectivity index (χ0n) is 17.5. The van der Waals surface area contributed by atoms with E-state index in [1.165, 1.54) is 0 Å². The van der Waals surface area contributed by atoms with E-state index in [4.69, 9.17) is 11.6 Å². The molecule has 0 radical (unpaired) electrons. The molecule has 0 bridgehead atoms. The van der Waals surface area contributed by atoms with Crippen molar-refractivity contribution in [1.82, 2.24) is 4.90 Å². The second-order valence-electron chi connectivity index (χ2n) is 7.93. The Morgan fingerprint density at radius 3 is 2.21 bits per heavy atom. The van der Waals surface area contributed by atoms with Gasteiger partial charge in [-0.1, -0.05) is 48.7 Å². The Hall–Kier alpha value is -2.53. The van der Waals surface area contributed by atoms with Crippen LogP contribution in [0.4, 0.5) is 11.4 Å². The minimum absolute atomic E-state index is 0.00509. The highest BCUT2D eigenvalue weighted by molar-refractivity contribution is 6.34. The Morgan fingerprint density at radius 2 is 1.62 bits per heavy atom. The number of aryl methyl sites for hydroxylation is 2. The van der Waals surface area contributed by atoms with E-state index in [0.717, 1.165) is 16.8 Å². The van der Waals surface area contributed by atoms with Gasteiger partial charge in [-0.3, -0.25) is 9.59 Å². The van der Waals surface area contributed by atoms with E-state index in [2.05, 4.69) is 10.2 Å².